The van der Waals surface area contributed by atoms with Gasteiger partial charge in [0.1, 0.15) is 0 Å². The zero-order valence-corrected chi connectivity index (χ0v) is 23.9. The summed E-state index contributed by atoms with van der Waals surface area (Å²) in [4.78, 5) is 48.9. The summed E-state index contributed by atoms with van der Waals surface area (Å²) in [6.45, 7) is 11.3. The van der Waals surface area contributed by atoms with Crippen LogP contribution in [0, 0.1) is 28.6 Å². The van der Waals surface area contributed by atoms with Crippen LogP contribution in [0.4, 0.5) is 5.69 Å². The summed E-state index contributed by atoms with van der Waals surface area (Å²) in [5.74, 6) is -0.469. The summed E-state index contributed by atoms with van der Waals surface area (Å²) in [5.41, 5.74) is 2.48. The van der Waals surface area contributed by atoms with Gasteiger partial charge >= 0.3 is 5.97 Å². The second kappa shape index (κ2) is 8.42. The highest BCUT2D eigenvalue weighted by molar-refractivity contribution is 5.91. The molecule has 2 aromatic rings. The van der Waals surface area contributed by atoms with Gasteiger partial charge in [-0.25, -0.2) is 9.50 Å². The van der Waals surface area contributed by atoms with Crippen LogP contribution in [0.15, 0.2) is 12.3 Å². The van der Waals surface area contributed by atoms with Gasteiger partial charge in [-0.1, -0.05) is 13.8 Å². The maximum Gasteiger partial charge on any atom is 0.309 e. The van der Waals surface area contributed by atoms with Gasteiger partial charge in [-0.3, -0.25) is 14.4 Å². The maximum atomic E-state index is 13.5. The molecule has 5 heterocycles. The molecule has 1 spiro atoms. The van der Waals surface area contributed by atoms with Crippen LogP contribution in [-0.4, -0.2) is 86.6 Å². The number of aryl methyl sites for hydroxylation is 1. The van der Waals surface area contributed by atoms with Crippen LogP contribution in [0.2, 0.25) is 0 Å². The molecule has 40 heavy (non-hydrogen) atoms. The third kappa shape index (κ3) is 3.84. The first-order valence-corrected chi connectivity index (χ1v) is 14.9. The molecule has 3 aliphatic heterocycles. The Hall–Kier alpha value is -3.17. The second-order valence-corrected chi connectivity index (χ2v) is 14.3. The Morgan fingerprint density at radius 1 is 1.00 bits per heavy atom. The van der Waals surface area contributed by atoms with Crippen LogP contribution in [0.1, 0.15) is 81.4 Å². The Balaban J connectivity index is 0.996. The van der Waals surface area contributed by atoms with Gasteiger partial charge in [-0.15, -0.1) is 5.10 Å². The molecule has 2 amide bonds. The van der Waals surface area contributed by atoms with Crippen molar-refractivity contribution in [3.8, 4) is 0 Å². The van der Waals surface area contributed by atoms with Gasteiger partial charge in [0.15, 0.2) is 5.65 Å². The summed E-state index contributed by atoms with van der Waals surface area (Å²) in [7, 11) is 0. The number of pyridine rings is 1. The van der Waals surface area contributed by atoms with Crippen LogP contribution in [-0.2, 0) is 9.59 Å². The molecule has 10 nitrogen and oxygen atoms in total. The van der Waals surface area contributed by atoms with Crippen molar-refractivity contribution in [3.63, 3.8) is 0 Å². The summed E-state index contributed by atoms with van der Waals surface area (Å²) >= 11 is 0. The van der Waals surface area contributed by atoms with E-state index in [2.05, 4.69) is 34.9 Å². The van der Waals surface area contributed by atoms with E-state index in [1.807, 2.05) is 22.9 Å². The van der Waals surface area contributed by atoms with E-state index in [0.717, 1.165) is 49.2 Å². The van der Waals surface area contributed by atoms with E-state index < -0.39 is 11.4 Å². The largest absolute Gasteiger partial charge is 0.481 e. The first-order chi connectivity index (χ1) is 19.0. The van der Waals surface area contributed by atoms with E-state index in [0.29, 0.717) is 57.3 Å². The van der Waals surface area contributed by atoms with Crippen molar-refractivity contribution in [3.05, 3.63) is 23.7 Å². The van der Waals surface area contributed by atoms with Crippen LogP contribution < -0.4 is 4.90 Å². The smallest absolute Gasteiger partial charge is 0.309 e. The van der Waals surface area contributed by atoms with Crippen LogP contribution in [0.5, 0.6) is 0 Å². The minimum absolute atomic E-state index is 0.0725. The number of likely N-dealkylation sites (tertiary alicyclic amines) is 2. The van der Waals surface area contributed by atoms with E-state index in [1.54, 1.807) is 4.52 Å². The molecule has 2 aromatic heterocycles. The first-order valence-electron chi connectivity index (χ1n) is 14.9. The van der Waals surface area contributed by atoms with Crippen molar-refractivity contribution < 1.29 is 19.5 Å². The summed E-state index contributed by atoms with van der Waals surface area (Å²) in [5, 5.41) is 14.0. The topological polar surface area (TPSA) is 111 Å². The molecule has 0 radical (unpaired) electrons. The van der Waals surface area contributed by atoms with Crippen LogP contribution in [0.25, 0.3) is 5.65 Å². The van der Waals surface area contributed by atoms with Gasteiger partial charge in [0.25, 0.3) is 5.91 Å². The highest BCUT2D eigenvalue weighted by Crippen LogP contribution is 2.75. The maximum absolute atomic E-state index is 13.5. The van der Waals surface area contributed by atoms with Crippen molar-refractivity contribution in [2.75, 3.05) is 44.2 Å². The van der Waals surface area contributed by atoms with E-state index in [4.69, 9.17) is 0 Å². The number of carbonyl (C=O) groups is 3. The quantitative estimate of drug-likeness (QED) is 0.589. The van der Waals surface area contributed by atoms with Crippen LogP contribution in [0.3, 0.4) is 0 Å². The summed E-state index contributed by atoms with van der Waals surface area (Å²) in [6, 6.07) is 2.16. The predicted molar refractivity (Wildman–Crippen MR) is 148 cm³/mol. The van der Waals surface area contributed by atoms with Crippen molar-refractivity contribution in [1.82, 2.24) is 24.4 Å². The molecule has 3 saturated heterocycles. The molecule has 0 aromatic carbocycles. The fourth-order valence-corrected chi connectivity index (χ4v) is 8.50. The van der Waals surface area contributed by atoms with Crippen molar-refractivity contribution in [2.24, 2.45) is 21.7 Å². The number of carbonyl (C=O) groups excluding carboxylic acids is 2. The van der Waals surface area contributed by atoms with Crippen molar-refractivity contribution in [1.29, 1.82) is 0 Å². The number of aromatic nitrogens is 3. The fraction of sp³-hybridized carbons (Fsp3) is 0.700. The highest BCUT2D eigenvalue weighted by Gasteiger charge is 2.72. The summed E-state index contributed by atoms with van der Waals surface area (Å²) in [6.07, 6.45) is 8.49. The van der Waals surface area contributed by atoms with Crippen LogP contribution >= 0.6 is 0 Å². The van der Waals surface area contributed by atoms with E-state index >= 15 is 0 Å². The summed E-state index contributed by atoms with van der Waals surface area (Å²) < 4.78 is 1.76. The monoisotopic (exact) mass is 548 g/mol. The lowest BCUT2D eigenvalue weighted by Crippen LogP contribution is -2.66. The number of hydrogen-bond donors (Lipinski definition) is 1. The normalized spacial score (nSPS) is 34.5. The van der Waals surface area contributed by atoms with Gasteiger partial charge in [0, 0.05) is 51.1 Å². The average molecular weight is 549 g/mol. The first kappa shape index (κ1) is 25.8. The zero-order chi connectivity index (χ0) is 28.1. The molecule has 2 bridgehead atoms. The third-order valence-electron chi connectivity index (χ3n) is 11.2. The van der Waals surface area contributed by atoms with Gasteiger partial charge in [-0.05, 0) is 74.3 Å². The Labute approximate surface area is 234 Å². The average Bonchev–Trinajstić information content (AvgIpc) is 3.66. The van der Waals surface area contributed by atoms with Gasteiger partial charge < -0.3 is 19.8 Å². The number of rotatable bonds is 6. The number of carboxylic acid groups (broad SMARTS) is 1. The number of nitrogens with zero attached hydrogens (tertiary/aromatic N) is 6. The van der Waals surface area contributed by atoms with Crippen molar-refractivity contribution >= 4 is 29.1 Å². The predicted octanol–water partition coefficient (Wildman–Crippen LogP) is 3.37. The Kier molecular flexibility index (Phi) is 5.43. The number of anilines is 1. The molecule has 6 fully saturated rings. The number of hydrogen-bond acceptors (Lipinski definition) is 6. The molecule has 3 saturated carbocycles. The molecule has 214 valence electrons. The van der Waals surface area contributed by atoms with E-state index in [-0.39, 0.29) is 28.5 Å². The Morgan fingerprint density at radius 3 is 2.38 bits per heavy atom. The molecule has 6 aliphatic rings. The standard InChI is InChI=1S/C30H40N6O4/c1-4-27(3)5-8-33(17-27)21-11-20(2)24-31-23(32-36(24)13-21)25(38)35-10-7-28(19-35)6-9-34(18-28)22(37)12-29-14-30(15-29,16-29)26(39)40/h11,13H,4-10,12,14-19H2,1-3H3,(H,39,40)/t27-,28+,29?,30?/m0/s1. The molecule has 10 heteroatoms. The van der Waals surface area contributed by atoms with E-state index in [9.17, 15) is 19.5 Å². The van der Waals surface area contributed by atoms with Gasteiger partial charge in [-0.2, -0.15) is 0 Å². The highest BCUT2D eigenvalue weighted by atomic mass is 16.4. The van der Waals surface area contributed by atoms with E-state index in [1.165, 1.54) is 6.42 Å². The van der Waals surface area contributed by atoms with Gasteiger partial charge in [0.05, 0.1) is 17.3 Å². The molecular formula is C30H40N6O4. The number of aliphatic carboxylic acids is 1. The number of fused-ring (bicyclic) bond motifs is 1. The molecule has 3 aliphatic carbocycles. The molecule has 1 N–H and O–H groups in total. The lowest BCUT2D eigenvalue weighted by molar-refractivity contribution is -0.225. The third-order valence-corrected chi connectivity index (χ3v) is 11.2. The Bertz CT molecular complexity index is 1410. The minimum Gasteiger partial charge on any atom is -0.481 e. The Morgan fingerprint density at radius 2 is 1.70 bits per heavy atom. The zero-order valence-electron chi connectivity index (χ0n) is 23.9. The molecule has 8 rings (SSSR count). The molecule has 0 unspecified atom stereocenters. The second-order valence-electron chi connectivity index (χ2n) is 14.3. The molecular weight excluding hydrogens is 508 g/mol. The lowest BCUT2D eigenvalue weighted by Gasteiger charge is -2.68. The fourth-order valence-electron chi connectivity index (χ4n) is 8.50. The lowest BCUT2D eigenvalue weighted by atomic mass is 9.34. The number of carboxylic acids is 1. The number of amides is 2. The van der Waals surface area contributed by atoms with Crippen molar-refractivity contribution in [2.45, 2.75) is 72.1 Å². The minimum atomic E-state index is -0.709. The SMILES string of the molecule is CC[C@@]1(C)CCN(c2cc(C)c3nc(C(=O)N4CC[C@@]5(CCN(C(=O)CC67CC(C(=O)O)(C6)C7)C5)C4)nn3c2)C1. The molecule has 2 atom stereocenters. The van der Waals surface area contributed by atoms with Gasteiger partial charge in [0.2, 0.25) is 11.7 Å².